The SMILES string of the molecule is CC1(C)COCN1.CCCCC(=O)O. The van der Waals surface area contributed by atoms with Crippen LogP contribution in [0, 0.1) is 0 Å². The Morgan fingerprint density at radius 2 is 2.21 bits per heavy atom. The Labute approximate surface area is 85.6 Å². The number of nitrogens with one attached hydrogen (secondary N) is 1. The highest BCUT2D eigenvalue weighted by atomic mass is 16.5. The van der Waals surface area contributed by atoms with E-state index >= 15 is 0 Å². The molecule has 0 radical (unpaired) electrons. The van der Waals surface area contributed by atoms with Gasteiger partial charge < -0.3 is 9.84 Å². The molecule has 0 saturated carbocycles. The van der Waals surface area contributed by atoms with Crippen molar-refractivity contribution in [2.24, 2.45) is 0 Å². The number of carbonyl (C=O) groups is 1. The second kappa shape index (κ2) is 6.79. The van der Waals surface area contributed by atoms with Crippen molar-refractivity contribution in [3.8, 4) is 0 Å². The highest BCUT2D eigenvalue weighted by Gasteiger charge is 2.21. The first-order chi connectivity index (χ1) is 6.48. The molecule has 1 saturated heterocycles. The van der Waals surface area contributed by atoms with Crippen LogP contribution in [0.4, 0.5) is 0 Å². The minimum absolute atomic E-state index is 0.222. The second-order valence-electron chi connectivity index (χ2n) is 4.05. The van der Waals surface area contributed by atoms with E-state index < -0.39 is 5.97 Å². The van der Waals surface area contributed by atoms with Crippen molar-refractivity contribution in [1.29, 1.82) is 0 Å². The van der Waals surface area contributed by atoms with E-state index in [2.05, 4.69) is 19.2 Å². The predicted octanol–water partition coefficient (Wildman–Crippen LogP) is 1.60. The minimum Gasteiger partial charge on any atom is -0.481 e. The topological polar surface area (TPSA) is 58.6 Å². The Kier molecular flexibility index (Phi) is 6.49. The largest absolute Gasteiger partial charge is 0.481 e. The molecule has 84 valence electrons. The van der Waals surface area contributed by atoms with Crippen molar-refractivity contribution in [3.05, 3.63) is 0 Å². The fourth-order valence-corrected chi connectivity index (χ4v) is 0.932. The van der Waals surface area contributed by atoms with E-state index in [0.29, 0.717) is 13.2 Å². The summed E-state index contributed by atoms with van der Waals surface area (Å²) in [5.74, 6) is -0.693. The summed E-state index contributed by atoms with van der Waals surface area (Å²) in [4.78, 5) is 9.76. The van der Waals surface area contributed by atoms with Crippen LogP contribution in [0.1, 0.15) is 40.0 Å². The molecule has 0 bridgehead atoms. The first-order valence-electron chi connectivity index (χ1n) is 5.02. The monoisotopic (exact) mass is 203 g/mol. The lowest BCUT2D eigenvalue weighted by atomic mass is 10.1. The van der Waals surface area contributed by atoms with Gasteiger partial charge >= 0.3 is 5.97 Å². The molecule has 0 amide bonds. The summed E-state index contributed by atoms with van der Waals surface area (Å²) in [6.07, 6.45) is 2.08. The zero-order valence-corrected chi connectivity index (χ0v) is 9.30. The summed E-state index contributed by atoms with van der Waals surface area (Å²) >= 11 is 0. The summed E-state index contributed by atoms with van der Waals surface area (Å²) < 4.78 is 5.05. The average molecular weight is 203 g/mol. The van der Waals surface area contributed by atoms with Gasteiger partial charge in [0, 0.05) is 12.0 Å². The van der Waals surface area contributed by atoms with E-state index in [-0.39, 0.29) is 5.54 Å². The number of carboxylic acid groups (broad SMARTS) is 1. The molecular formula is C10H21NO3. The molecule has 1 aliphatic rings. The smallest absolute Gasteiger partial charge is 0.303 e. The summed E-state index contributed by atoms with van der Waals surface area (Å²) in [6.45, 7) is 7.78. The van der Waals surface area contributed by atoms with Gasteiger partial charge in [-0.15, -0.1) is 0 Å². The van der Waals surface area contributed by atoms with E-state index in [0.717, 1.165) is 19.4 Å². The van der Waals surface area contributed by atoms with Crippen LogP contribution < -0.4 is 5.32 Å². The maximum absolute atomic E-state index is 9.76. The van der Waals surface area contributed by atoms with Crippen molar-refractivity contribution >= 4 is 5.97 Å². The summed E-state index contributed by atoms with van der Waals surface area (Å²) in [5, 5.41) is 11.2. The van der Waals surface area contributed by atoms with Gasteiger partial charge in [-0.3, -0.25) is 10.1 Å². The van der Waals surface area contributed by atoms with Crippen molar-refractivity contribution in [2.75, 3.05) is 13.3 Å². The van der Waals surface area contributed by atoms with E-state index in [1.807, 2.05) is 6.92 Å². The molecule has 1 fully saturated rings. The van der Waals surface area contributed by atoms with E-state index in [1.165, 1.54) is 0 Å². The van der Waals surface area contributed by atoms with Gasteiger partial charge in [0.25, 0.3) is 0 Å². The predicted molar refractivity (Wildman–Crippen MR) is 55.2 cm³/mol. The lowest BCUT2D eigenvalue weighted by Crippen LogP contribution is -2.34. The first-order valence-corrected chi connectivity index (χ1v) is 5.02. The molecule has 1 heterocycles. The third-order valence-electron chi connectivity index (χ3n) is 1.86. The van der Waals surface area contributed by atoms with Gasteiger partial charge in [0.1, 0.15) is 0 Å². The summed E-state index contributed by atoms with van der Waals surface area (Å²) in [6, 6.07) is 0. The molecule has 0 spiro atoms. The molecule has 0 atom stereocenters. The highest BCUT2D eigenvalue weighted by molar-refractivity contribution is 5.66. The van der Waals surface area contributed by atoms with E-state index in [4.69, 9.17) is 9.84 Å². The molecule has 14 heavy (non-hydrogen) atoms. The standard InChI is InChI=1S/C5H11NO.C5H10O2/c1-5(2)3-7-4-6-5;1-2-3-4-5(6)7/h6H,3-4H2,1-2H3;2-4H2,1H3,(H,6,7). The number of hydrogen-bond acceptors (Lipinski definition) is 3. The van der Waals surface area contributed by atoms with Gasteiger partial charge in [0.15, 0.2) is 0 Å². The van der Waals surface area contributed by atoms with Crippen LogP contribution in [0.2, 0.25) is 0 Å². The van der Waals surface area contributed by atoms with Gasteiger partial charge in [-0.2, -0.15) is 0 Å². The van der Waals surface area contributed by atoms with Crippen LogP contribution in [0.25, 0.3) is 0 Å². The van der Waals surface area contributed by atoms with Gasteiger partial charge in [0.2, 0.25) is 0 Å². The van der Waals surface area contributed by atoms with Gasteiger partial charge in [0.05, 0.1) is 13.3 Å². The van der Waals surface area contributed by atoms with E-state index in [1.54, 1.807) is 0 Å². The van der Waals surface area contributed by atoms with Crippen LogP contribution in [0.5, 0.6) is 0 Å². The Morgan fingerprint density at radius 3 is 2.36 bits per heavy atom. The number of carboxylic acids is 1. The molecule has 1 aliphatic heterocycles. The fraction of sp³-hybridized carbons (Fsp3) is 0.900. The Morgan fingerprint density at radius 1 is 1.57 bits per heavy atom. The molecule has 0 aromatic carbocycles. The number of hydrogen-bond donors (Lipinski definition) is 2. The van der Waals surface area contributed by atoms with Crippen LogP contribution in [0.3, 0.4) is 0 Å². The van der Waals surface area contributed by atoms with Crippen molar-refractivity contribution in [1.82, 2.24) is 5.32 Å². The first kappa shape index (κ1) is 13.4. The van der Waals surface area contributed by atoms with E-state index in [9.17, 15) is 4.79 Å². The number of rotatable bonds is 3. The third-order valence-corrected chi connectivity index (χ3v) is 1.86. The zero-order chi connectivity index (χ0) is 11.0. The maximum Gasteiger partial charge on any atom is 0.303 e. The van der Waals surface area contributed by atoms with Crippen LogP contribution in [-0.4, -0.2) is 30.0 Å². The molecule has 1 rings (SSSR count). The Hall–Kier alpha value is -0.610. The van der Waals surface area contributed by atoms with Crippen LogP contribution in [0.15, 0.2) is 0 Å². The number of ether oxygens (including phenoxy) is 1. The van der Waals surface area contributed by atoms with Gasteiger partial charge in [-0.1, -0.05) is 13.3 Å². The maximum atomic E-state index is 9.76. The van der Waals surface area contributed by atoms with Crippen molar-refractivity contribution in [2.45, 2.75) is 45.6 Å². The molecule has 0 unspecified atom stereocenters. The quantitative estimate of drug-likeness (QED) is 0.731. The minimum atomic E-state index is -0.693. The summed E-state index contributed by atoms with van der Waals surface area (Å²) in [7, 11) is 0. The molecule has 0 aromatic heterocycles. The Bertz CT molecular complexity index is 161. The molecule has 2 N–H and O–H groups in total. The third kappa shape index (κ3) is 8.01. The number of aliphatic carboxylic acids is 1. The lowest BCUT2D eigenvalue weighted by Gasteiger charge is -2.12. The molecule has 0 aliphatic carbocycles. The second-order valence-corrected chi connectivity index (χ2v) is 4.05. The molecule has 4 heteroatoms. The molecular weight excluding hydrogens is 182 g/mol. The highest BCUT2D eigenvalue weighted by Crippen LogP contribution is 2.06. The number of unbranched alkanes of at least 4 members (excludes halogenated alkanes) is 1. The normalized spacial score (nSPS) is 18.5. The summed E-state index contributed by atoms with van der Waals surface area (Å²) in [5.41, 5.74) is 0.222. The lowest BCUT2D eigenvalue weighted by molar-refractivity contribution is -0.137. The Balaban J connectivity index is 0.000000241. The van der Waals surface area contributed by atoms with Crippen molar-refractivity contribution in [3.63, 3.8) is 0 Å². The molecule has 4 nitrogen and oxygen atoms in total. The van der Waals surface area contributed by atoms with Crippen molar-refractivity contribution < 1.29 is 14.6 Å². The average Bonchev–Trinajstić information content (AvgIpc) is 2.47. The fourth-order valence-electron chi connectivity index (χ4n) is 0.932. The van der Waals surface area contributed by atoms with Crippen LogP contribution in [-0.2, 0) is 9.53 Å². The van der Waals surface area contributed by atoms with Crippen LogP contribution >= 0.6 is 0 Å². The van der Waals surface area contributed by atoms with Gasteiger partial charge in [-0.05, 0) is 20.3 Å². The molecule has 0 aromatic rings. The van der Waals surface area contributed by atoms with Gasteiger partial charge in [-0.25, -0.2) is 0 Å². The zero-order valence-electron chi connectivity index (χ0n) is 9.30.